The molecule has 11 heteroatoms. The van der Waals surface area contributed by atoms with Crippen LogP contribution in [0.5, 0.6) is 17.4 Å². The van der Waals surface area contributed by atoms with E-state index in [4.69, 9.17) is 21.1 Å². The molecule has 0 fully saturated rings. The van der Waals surface area contributed by atoms with Gasteiger partial charge in [-0.05, 0) is 66.2 Å². The number of methoxy groups -OCH3 is 1. The molecule has 0 saturated carbocycles. The molecule has 0 aliphatic carbocycles. The quantitative estimate of drug-likeness (QED) is 0.227. The average molecular weight is 541 g/mol. The molecule has 2 N–H and O–H groups in total. The third-order valence-electron chi connectivity index (χ3n) is 5.02. The Balaban J connectivity index is 1.39. The number of carbonyl (C=O) groups is 1. The summed E-state index contributed by atoms with van der Waals surface area (Å²) in [6.45, 7) is 0. The third kappa shape index (κ3) is 7.23. The van der Waals surface area contributed by atoms with Crippen molar-refractivity contribution in [2.24, 2.45) is 0 Å². The van der Waals surface area contributed by atoms with Gasteiger partial charge in [0.1, 0.15) is 11.5 Å². The van der Waals surface area contributed by atoms with Gasteiger partial charge in [-0.25, -0.2) is 4.98 Å². The van der Waals surface area contributed by atoms with Crippen LogP contribution >= 0.6 is 11.6 Å². The smallest absolute Gasteiger partial charge is 0.417 e. The second-order valence-electron chi connectivity index (χ2n) is 7.76. The predicted molar refractivity (Wildman–Crippen MR) is 139 cm³/mol. The number of halogens is 4. The highest BCUT2D eigenvalue weighted by Gasteiger charge is 2.33. The van der Waals surface area contributed by atoms with Gasteiger partial charge in [-0.1, -0.05) is 23.7 Å². The summed E-state index contributed by atoms with van der Waals surface area (Å²) in [6.07, 6.45) is -0.393. The first-order valence-corrected chi connectivity index (χ1v) is 11.5. The Bertz CT molecular complexity index is 1460. The summed E-state index contributed by atoms with van der Waals surface area (Å²) in [6, 6.07) is 18.8. The maximum absolute atomic E-state index is 13.0. The lowest BCUT2D eigenvalue weighted by atomic mass is 10.2. The van der Waals surface area contributed by atoms with Crippen LogP contribution in [0, 0.1) is 0 Å². The molecular formula is C27H20ClF3N4O3. The number of rotatable bonds is 8. The van der Waals surface area contributed by atoms with Gasteiger partial charge in [0, 0.05) is 29.7 Å². The molecule has 1 aromatic heterocycles. The molecule has 38 heavy (non-hydrogen) atoms. The standard InChI is InChI=1S/C27H20ClF3N4O3/c1-37-20-9-6-18(7-10-20)34-26-32-14-13-25(35-26)38-21-4-2-3-17(15-21)5-12-24(36)33-19-8-11-23(28)22(16-19)27(29,30)31/h2-16H,1H3,(H,33,36)(H,32,34,35). The summed E-state index contributed by atoms with van der Waals surface area (Å²) in [5, 5.41) is 5.02. The van der Waals surface area contributed by atoms with Gasteiger partial charge in [-0.2, -0.15) is 18.2 Å². The molecule has 0 saturated heterocycles. The van der Waals surface area contributed by atoms with E-state index in [0.717, 1.165) is 23.6 Å². The second-order valence-corrected chi connectivity index (χ2v) is 8.17. The SMILES string of the molecule is COc1ccc(Nc2nccc(Oc3cccc(C=CC(=O)Nc4ccc(Cl)c(C(F)(F)F)c4)c3)n2)cc1. The van der Waals surface area contributed by atoms with Crippen LogP contribution in [0.4, 0.5) is 30.5 Å². The van der Waals surface area contributed by atoms with Gasteiger partial charge < -0.3 is 20.1 Å². The molecule has 194 valence electrons. The van der Waals surface area contributed by atoms with Crippen molar-refractivity contribution in [3.8, 4) is 17.4 Å². The molecule has 4 rings (SSSR count). The topological polar surface area (TPSA) is 85.4 Å². The van der Waals surface area contributed by atoms with E-state index in [1.807, 2.05) is 12.1 Å². The molecule has 3 aromatic carbocycles. The Morgan fingerprint density at radius 3 is 2.47 bits per heavy atom. The zero-order valence-corrected chi connectivity index (χ0v) is 20.5. The van der Waals surface area contributed by atoms with E-state index in [9.17, 15) is 18.0 Å². The van der Waals surface area contributed by atoms with E-state index in [1.165, 1.54) is 18.2 Å². The first-order chi connectivity index (χ1) is 18.2. The zero-order chi connectivity index (χ0) is 27.1. The number of ether oxygens (including phenoxy) is 2. The number of aromatic nitrogens is 2. The number of hydrogen-bond acceptors (Lipinski definition) is 6. The molecule has 7 nitrogen and oxygen atoms in total. The van der Waals surface area contributed by atoms with Crippen LogP contribution in [0.15, 0.2) is 85.1 Å². The first-order valence-electron chi connectivity index (χ1n) is 11.1. The Morgan fingerprint density at radius 2 is 1.74 bits per heavy atom. The van der Waals surface area contributed by atoms with Crippen molar-refractivity contribution in [1.29, 1.82) is 0 Å². The van der Waals surface area contributed by atoms with Crippen LogP contribution in [-0.4, -0.2) is 23.0 Å². The van der Waals surface area contributed by atoms with Crippen LogP contribution in [0.1, 0.15) is 11.1 Å². The Kier molecular flexibility index (Phi) is 8.12. The van der Waals surface area contributed by atoms with Gasteiger partial charge in [0.05, 0.1) is 17.7 Å². The summed E-state index contributed by atoms with van der Waals surface area (Å²) in [7, 11) is 1.59. The minimum Gasteiger partial charge on any atom is -0.497 e. The summed E-state index contributed by atoms with van der Waals surface area (Å²) in [5.41, 5.74) is 0.325. The van der Waals surface area contributed by atoms with E-state index in [0.29, 0.717) is 17.3 Å². The molecule has 0 bridgehead atoms. The molecule has 0 atom stereocenters. The number of benzene rings is 3. The van der Waals surface area contributed by atoms with E-state index >= 15 is 0 Å². The second kappa shape index (κ2) is 11.7. The molecule has 1 amide bonds. The lowest BCUT2D eigenvalue weighted by molar-refractivity contribution is -0.137. The fourth-order valence-corrected chi connectivity index (χ4v) is 3.47. The maximum atomic E-state index is 13.0. The fourth-order valence-electron chi connectivity index (χ4n) is 3.24. The van der Waals surface area contributed by atoms with Crippen molar-refractivity contribution in [2.45, 2.75) is 6.18 Å². The number of hydrogen-bond donors (Lipinski definition) is 2. The summed E-state index contributed by atoms with van der Waals surface area (Å²) >= 11 is 5.61. The van der Waals surface area contributed by atoms with Crippen molar-refractivity contribution < 1.29 is 27.4 Å². The summed E-state index contributed by atoms with van der Waals surface area (Å²) in [5.74, 6) is 1.18. The van der Waals surface area contributed by atoms with Crippen LogP contribution in [0.25, 0.3) is 6.08 Å². The van der Waals surface area contributed by atoms with Crippen LogP contribution in [0.3, 0.4) is 0 Å². The molecule has 4 aromatic rings. The molecule has 0 radical (unpaired) electrons. The number of carbonyl (C=O) groups excluding carboxylic acids is 1. The largest absolute Gasteiger partial charge is 0.497 e. The summed E-state index contributed by atoms with van der Waals surface area (Å²) < 4.78 is 50.1. The molecule has 1 heterocycles. The van der Waals surface area contributed by atoms with Gasteiger partial charge >= 0.3 is 6.18 Å². The molecular weight excluding hydrogens is 521 g/mol. The predicted octanol–water partition coefficient (Wildman–Crippen LogP) is 7.35. The maximum Gasteiger partial charge on any atom is 0.417 e. The normalized spacial score (nSPS) is 11.3. The van der Waals surface area contributed by atoms with Gasteiger partial charge in [0.15, 0.2) is 0 Å². The number of anilines is 3. The van der Waals surface area contributed by atoms with Crippen LogP contribution < -0.4 is 20.1 Å². The zero-order valence-electron chi connectivity index (χ0n) is 19.8. The minimum atomic E-state index is -4.63. The highest BCUT2D eigenvalue weighted by atomic mass is 35.5. The lowest BCUT2D eigenvalue weighted by Crippen LogP contribution is -2.11. The Hall–Kier alpha value is -4.57. The number of nitrogens with zero attached hydrogens (tertiary/aromatic N) is 2. The Labute approximate surface area is 220 Å². The number of amides is 1. The molecule has 0 aliphatic rings. The van der Waals surface area contributed by atoms with Gasteiger partial charge in [0.2, 0.25) is 17.7 Å². The summed E-state index contributed by atoms with van der Waals surface area (Å²) in [4.78, 5) is 20.8. The van der Waals surface area contributed by atoms with Crippen molar-refractivity contribution in [2.75, 3.05) is 17.7 Å². The Morgan fingerprint density at radius 1 is 0.974 bits per heavy atom. The van der Waals surface area contributed by atoms with Gasteiger partial charge in [-0.15, -0.1) is 0 Å². The van der Waals surface area contributed by atoms with Crippen molar-refractivity contribution >= 4 is 40.9 Å². The lowest BCUT2D eigenvalue weighted by Gasteiger charge is -2.11. The molecule has 0 spiro atoms. The van der Waals surface area contributed by atoms with Crippen molar-refractivity contribution in [1.82, 2.24) is 9.97 Å². The monoisotopic (exact) mass is 540 g/mol. The third-order valence-corrected chi connectivity index (χ3v) is 5.35. The first kappa shape index (κ1) is 26.5. The molecule has 0 aliphatic heterocycles. The van der Waals surface area contributed by atoms with E-state index in [1.54, 1.807) is 55.8 Å². The van der Waals surface area contributed by atoms with Crippen LogP contribution in [0.2, 0.25) is 5.02 Å². The number of alkyl halides is 3. The van der Waals surface area contributed by atoms with E-state index < -0.39 is 22.7 Å². The number of nitrogens with one attached hydrogen (secondary N) is 2. The van der Waals surface area contributed by atoms with Crippen molar-refractivity contribution in [3.63, 3.8) is 0 Å². The fraction of sp³-hybridized carbons (Fsp3) is 0.0741. The van der Waals surface area contributed by atoms with E-state index in [-0.39, 0.29) is 11.6 Å². The molecule has 0 unspecified atom stereocenters. The average Bonchev–Trinajstić information content (AvgIpc) is 2.89. The highest BCUT2D eigenvalue weighted by molar-refractivity contribution is 6.31. The van der Waals surface area contributed by atoms with Gasteiger partial charge in [-0.3, -0.25) is 4.79 Å². The van der Waals surface area contributed by atoms with Crippen molar-refractivity contribution in [3.05, 3.63) is 101 Å². The van der Waals surface area contributed by atoms with E-state index in [2.05, 4.69) is 20.6 Å². The van der Waals surface area contributed by atoms with Gasteiger partial charge in [0.25, 0.3) is 0 Å². The van der Waals surface area contributed by atoms with Crippen LogP contribution in [-0.2, 0) is 11.0 Å². The minimum absolute atomic E-state index is 0.0312. The highest BCUT2D eigenvalue weighted by Crippen LogP contribution is 2.36.